The smallest absolute Gasteiger partial charge is 0.278 e. The van der Waals surface area contributed by atoms with Gasteiger partial charge in [0, 0.05) is 17.4 Å². The van der Waals surface area contributed by atoms with E-state index in [0.717, 1.165) is 11.1 Å². The summed E-state index contributed by atoms with van der Waals surface area (Å²) >= 11 is 5.87. The van der Waals surface area contributed by atoms with E-state index in [1.165, 1.54) is 0 Å². The van der Waals surface area contributed by atoms with Crippen molar-refractivity contribution in [2.75, 3.05) is 0 Å². The van der Waals surface area contributed by atoms with Gasteiger partial charge in [0.1, 0.15) is 11.5 Å². The van der Waals surface area contributed by atoms with Crippen molar-refractivity contribution >= 4 is 29.4 Å². The lowest BCUT2D eigenvalue weighted by molar-refractivity contribution is -0.123. The number of pyridine rings is 1. The number of carbonyl (C=O) groups is 1. The van der Waals surface area contributed by atoms with Crippen molar-refractivity contribution in [3.05, 3.63) is 70.6 Å². The summed E-state index contributed by atoms with van der Waals surface area (Å²) in [5.41, 5.74) is 2.36. The fraction of sp³-hybridized carbons (Fsp3) is 0.118. The minimum Gasteiger partial charge on any atom is -0.291 e. The first-order valence-corrected chi connectivity index (χ1v) is 7.24. The van der Waals surface area contributed by atoms with Gasteiger partial charge in [0.05, 0.1) is 6.54 Å². The van der Waals surface area contributed by atoms with Crippen LogP contribution in [0.4, 0.5) is 0 Å². The predicted octanol–water partition coefficient (Wildman–Crippen LogP) is 3.54. The van der Waals surface area contributed by atoms with E-state index in [4.69, 9.17) is 11.6 Å². The van der Waals surface area contributed by atoms with E-state index in [2.05, 4.69) is 9.98 Å². The summed E-state index contributed by atoms with van der Waals surface area (Å²) < 4.78 is 0. The number of hydrogen-bond acceptors (Lipinski definition) is 3. The van der Waals surface area contributed by atoms with Crippen molar-refractivity contribution < 1.29 is 4.79 Å². The van der Waals surface area contributed by atoms with Crippen molar-refractivity contribution in [1.29, 1.82) is 0 Å². The summed E-state index contributed by atoms with van der Waals surface area (Å²) in [6, 6.07) is 11.1. The summed E-state index contributed by atoms with van der Waals surface area (Å²) in [6.07, 6.45) is 5.20. The number of amides is 1. The molecule has 0 aliphatic carbocycles. The van der Waals surface area contributed by atoms with E-state index in [1.807, 2.05) is 31.2 Å². The molecule has 0 unspecified atom stereocenters. The van der Waals surface area contributed by atoms with Crippen LogP contribution in [0.1, 0.15) is 18.1 Å². The van der Waals surface area contributed by atoms with E-state index >= 15 is 0 Å². The molecule has 4 nitrogen and oxygen atoms in total. The normalized spacial score (nSPS) is 16.3. The first kappa shape index (κ1) is 14.5. The molecular weight excluding hydrogens is 298 g/mol. The van der Waals surface area contributed by atoms with Crippen LogP contribution in [-0.4, -0.2) is 21.6 Å². The molecule has 0 spiro atoms. The van der Waals surface area contributed by atoms with Crippen LogP contribution in [0.2, 0.25) is 5.02 Å². The average Bonchev–Trinajstić information content (AvgIpc) is 2.78. The third-order valence-electron chi connectivity index (χ3n) is 3.40. The molecule has 0 fully saturated rings. The monoisotopic (exact) mass is 311 g/mol. The van der Waals surface area contributed by atoms with E-state index in [1.54, 1.807) is 35.5 Å². The van der Waals surface area contributed by atoms with Crippen molar-refractivity contribution in [2.24, 2.45) is 4.99 Å². The molecule has 110 valence electrons. The quantitative estimate of drug-likeness (QED) is 0.814. The summed E-state index contributed by atoms with van der Waals surface area (Å²) in [4.78, 5) is 22.5. The van der Waals surface area contributed by atoms with Crippen molar-refractivity contribution in [3.8, 4) is 0 Å². The molecule has 1 aromatic heterocycles. The Bertz CT molecular complexity index is 751. The zero-order chi connectivity index (χ0) is 15.5. The molecule has 1 aliphatic rings. The Morgan fingerprint density at radius 1 is 1.14 bits per heavy atom. The summed E-state index contributed by atoms with van der Waals surface area (Å²) in [5.74, 6) is 0.603. The Hall–Kier alpha value is -2.46. The number of hydrogen-bond donors (Lipinski definition) is 0. The second-order valence-electron chi connectivity index (χ2n) is 4.99. The molecule has 5 heteroatoms. The third-order valence-corrected chi connectivity index (χ3v) is 3.65. The molecule has 0 N–H and O–H groups in total. The van der Waals surface area contributed by atoms with E-state index in [0.29, 0.717) is 23.1 Å². The molecule has 0 saturated heterocycles. The topological polar surface area (TPSA) is 45.6 Å². The first-order valence-electron chi connectivity index (χ1n) is 6.87. The fourth-order valence-corrected chi connectivity index (χ4v) is 2.36. The summed E-state index contributed by atoms with van der Waals surface area (Å²) in [7, 11) is 0. The van der Waals surface area contributed by atoms with Gasteiger partial charge in [-0.1, -0.05) is 23.7 Å². The van der Waals surface area contributed by atoms with Gasteiger partial charge in [-0.05, 0) is 48.4 Å². The molecule has 3 rings (SSSR count). The maximum atomic E-state index is 12.5. The molecule has 1 aromatic carbocycles. The highest BCUT2D eigenvalue weighted by Crippen LogP contribution is 2.21. The SMILES string of the molecule is CC1=N/C(=C/c2ccc(Cl)cc2)C(=O)N1Cc1ccncc1. The highest BCUT2D eigenvalue weighted by Gasteiger charge is 2.27. The Morgan fingerprint density at radius 2 is 1.82 bits per heavy atom. The van der Waals surface area contributed by atoms with E-state index < -0.39 is 0 Å². The summed E-state index contributed by atoms with van der Waals surface area (Å²) in [5, 5.41) is 0.666. The fourth-order valence-electron chi connectivity index (χ4n) is 2.24. The Kier molecular flexibility index (Phi) is 4.02. The Morgan fingerprint density at radius 3 is 2.50 bits per heavy atom. The molecule has 1 aliphatic heterocycles. The number of halogens is 1. The number of nitrogens with zero attached hydrogens (tertiary/aromatic N) is 3. The maximum absolute atomic E-state index is 12.5. The highest BCUT2D eigenvalue weighted by molar-refractivity contribution is 6.30. The van der Waals surface area contributed by atoms with Crippen molar-refractivity contribution in [2.45, 2.75) is 13.5 Å². The molecule has 0 radical (unpaired) electrons. The van der Waals surface area contributed by atoms with Gasteiger partial charge in [0.15, 0.2) is 0 Å². The number of amidine groups is 1. The second-order valence-corrected chi connectivity index (χ2v) is 5.42. The van der Waals surface area contributed by atoms with Crippen molar-refractivity contribution in [1.82, 2.24) is 9.88 Å². The highest BCUT2D eigenvalue weighted by atomic mass is 35.5. The van der Waals surface area contributed by atoms with Crippen LogP contribution >= 0.6 is 11.6 Å². The Balaban J connectivity index is 1.82. The van der Waals surface area contributed by atoms with Gasteiger partial charge >= 0.3 is 0 Å². The minimum atomic E-state index is -0.0933. The molecule has 2 aromatic rings. The molecule has 0 bridgehead atoms. The van der Waals surface area contributed by atoms with Gasteiger partial charge in [0.2, 0.25) is 0 Å². The zero-order valence-corrected chi connectivity index (χ0v) is 12.8. The van der Waals surface area contributed by atoms with Crippen LogP contribution in [0.25, 0.3) is 6.08 Å². The van der Waals surface area contributed by atoms with Crippen molar-refractivity contribution in [3.63, 3.8) is 0 Å². The maximum Gasteiger partial charge on any atom is 0.278 e. The number of benzene rings is 1. The number of aliphatic imine (C=N–C) groups is 1. The molecule has 0 saturated carbocycles. The van der Waals surface area contributed by atoms with Crippen LogP contribution in [0, 0.1) is 0 Å². The molecule has 22 heavy (non-hydrogen) atoms. The van der Waals surface area contributed by atoms with Crippen LogP contribution < -0.4 is 0 Å². The van der Waals surface area contributed by atoms with Gasteiger partial charge in [-0.15, -0.1) is 0 Å². The lowest BCUT2D eigenvalue weighted by Crippen LogP contribution is -2.29. The first-order chi connectivity index (χ1) is 10.6. The van der Waals surface area contributed by atoms with Crippen LogP contribution in [0.5, 0.6) is 0 Å². The van der Waals surface area contributed by atoms with Gasteiger partial charge < -0.3 is 0 Å². The second kappa shape index (κ2) is 6.12. The number of aromatic nitrogens is 1. The standard InChI is InChI=1S/C17H14ClN3O/c1-12-20-16(10-13-2-4-15(18)5-3-13)17(22)21(12)11-14-6-8-19-9-7-14/h2-10H,11H2,1H3/b16-10+. The largest absolute Gasteiger partial charge is 0.291 e. The summed E-state index contributed by atoms with van der Waals surface area (Å²) in [6.45, 7) is 2.33. The van der Waals surface area contributed by atoms with Gasteiger partial charge in [-0.3, -0.25) is 14.7 Å². The number of rotatable bonds is 3. The van der Waals surface area contributed by atoms with E-state index in [-0.39, 0.29) is 5.91 Å². The van der Waals surface area contributed by atoms with Crippen LogP contribution in [0.3, 0.4) is 0 Å². The van der Waals surface area contributed by atoms with Gasteiger partial charge in [-0.25, -0.2) is 4.99 Å². The molecule has 0 atom stereocenters. The molecule has 1 amide bonds. The predicted molar refractivity (Wildman–Crippen MR) is 87.3 cm³/mol. The van der Waals surface area contributed by atoms with Crippen LogP contribution in [-0.2, 0) is 11.3 Å². The average molecular weight is 312 g/mol. The Labute approximate surface area is 133 Å². The van der Waals surface area contributed by atoms with Gasteiger partial charge in [0.25, 0.3) is 5.91 Å². The lowest BCUT2D eigenvalue weighted by Gasteiger charge is -2.15. The van der Waals surface area contributed by atoms with Gasteiger partial charge in [-0.2, -0.15) is 0 Å². The zero-order valence-electron chi connectivity index (χ0n) is 12.0. The number of carbonyl (C=O) groups excluding carboxylic acids is 1. The van der Waals surface area contributed by atoms with E-state index in [9.17, 15) is 4.79 Å². The molecule has 2 heterocycles. The third kappa shape index (κ3) is 3.07. The van der Waals surface area contributed by atoms with Crippen LogP contribution in [0.15, 0.2) is 59.5 Å². The minimum absolute atomic E-state index is 0.0933. The molecular formula is C17H14ClN3O. The lowest BCUT2D eigenvalue weighted by atomic mass is 10.2.